The number of hydrogen-bond donors (Lipinski definition) is 0. The molecule has 270 valence electrons. The lowest BCUT2D eigenvalue weighted by Crippen LogP contribution is -2.32. The summed E-state index contributed by atoms with van der Waals surface area (Å²) in [5.74, 6) is 1.81. The molecular weight excluding hydrogens is 729 g/mol. The SMILES string of the molecule is c1ccc2c(c1)-c1ccccc1C2(c1ccc2sc3ccccc3c2c1)c1nc(-c2cccc3oc4ccccc4c23)nc(-n2c3ccccc3c3ccccc32)n1. The number of para-hydroxylation sites is 3. The topological polar surface area (TPSA) is 56.7 Å². The number of rotatable bonds is 4. The molecule has 13 rings (SSSR count). The highest BCUT2D eigenvalue weighted by atomic mass is 32.1. The summed E-state index contributed by atoms with van der Waals surface area (Å²) in [6.07, 6.45) is 0. The Morgan fingerprint density at radius 3 is 1.79 bits per heavy atom. The minimum absolute atomic E-state index is 0.561. The molecule has 1 aliphatic rings. The van der Waals surface area contributed by atoms with Crippen LogP contribution in [0.5, 0.6) is 0 Å². The Kier molecular flexibility index (Phi) is 6.46. The van der Waals surface area contributed by atoms with Crippen molar-refractivity contribution in [1.82, 2.24) is 19.5 Å². The van der Waals surface area contributed by atoms with Crippen molar-refractivity contribution < 1.29 is 4.42 Å². The van der Waals surface area contributed by atoms with Crippen LogP contribution in [0.15, 0.2) is 186 Å². The van der Waals surface area contributed by atoms with E-state index in [1.165, 1.54) is 31.3 Å². The van der Waals surface area contributed by atoms with E-state index >= 15 is 0 Å². The molecule has 0 bridgehead atoms. The number of thiophene rings is 1. The van der Waals surface area contributed by atoms with Gasteiger partial charge in [0.25, 0.3) is 0 Å². The Balaban J connectivity index is 1.21. The van der Waals surface area contributed by atoms with Crippen LogP contribution in [-0.2, 0) is 5.41 Å². The summed E-state index contributed by atoms with van der Waals surface area (Å²) in [5, 5.41) is 6.77. The van der Waals surface area contributed by atoms with Gasteiger partial charge in [-0.15, -0.1) is 11.3 Å². The van der Waals surface area contributed by atoms with Crippen LogP contribution in [0.4, 0.5) is 0 Å². The van der Waals surface area contributed by atoms with E-state index in [1.54, 1.807) is 0 Å². The molecule has 4 heterocycles. The molecule has 1 aliphatic carbocycles. The summed E-state index contributed by atoms with van der Waals surface area (Å²) < 4.78 is 11.2. The fourth-order valence-corrected chi connectivity index (χ4v) is 10.8. The highest BCUT2D eigenvalue weighted by Gasteiger charge is 2.49. The Bertz CT molecular complexity index is 3570. The van der Waals surface area contributed by atoms with Gasteiger partial charge >= 0.3 is 0 Å². The van der Waals surface area contributed by atoms with Gasteiger partial charge in [-0.3, -0.25) is 4.57 Å². The average molecular weight is 759 g/mol. The zero-order valence-corrected chi connectivity index (χ0v) is 31.7. The van der Waals surface area contributed by atoms with Crippen LogP contribution < -0.4 is 0 Å². The largest absolute Gasteiger partial charge is 0.456 e. The Morgan fingerprint density at radius 1 is 0.448 bits per heavy atom. The van der Waals surface area contributed by atoms with Crippen LogP contribution in [0.2, 0.25) is 0 Å². The lowest BCUT2D eigenvalue weighted by Gasteiger charge is -2.32. The lowest BCUT2D eigenvalue weighted by molar-refractivity contribution is 0.669. The maximum Gasteiger partial charge on any atom is 0.238 e. The Labute approximate surface area is 336 Å². The number of benzene rings is 8. The predicted molar refractivity (Wildman–Crippen MR) is 237 cm³/mol. The molecule has 58 heavy (non-hydrogen) atoms. The molecule has 0 unspecified atom stereocenters. The van der Waals surface area contributed by atoms with Crippen molar-refractivity contribution in [3.8, 4) is 28.5 Å². The number of aromatic nitrogens is 4. The minimum atomic E-state index is -0.887. The average Bonchev–Trinajstić information content (AvgIpc) is 4.03. The third-order valence-electron chi connectivity index (χ3n) is 12.1. The van der Waals surface area contributed by atoms with Crippen LogP contribution in [0.3, 0.4) is 0 Å². The maximum atomic E-state index is 6.44. The molecule has 0 amide bonds. The third-order valence-corrected chi connectivity index (χ3v) is 13.3. The van der Waals surface area contributed by atoms with E-state index in [4.69, 9.17) is 19.4 Å². The summed E-state index contributed by atoms with van der Waals surface area (Å²) in [6, 6.07) is 64.7. The van der Waals surface area contributed by atoms with E-state index < -0.39 is 5.41 Å². The van der Waals surface area contributed by atoms with Gasteiger partial charge in [-0.2, -0.15) is 9.97 Å². The fraction of sp³-hybridized carbons (Fsp3) is 0.0192. The van der Waals surface area contributed by atoms with Crippen LogP contribution in [0.1, 0.15) is 22.5 Å². The fourth-order valence-electron chi connectivity index (χ4n) is 9.73. The first-order valence-corrected chi connectivity index (χ1v) is 20.3. The van der Waals surface area contributed by atoms with E-state index in [0.717, 1.165) is 66.0 Å². The number of hydrogen-bond acceptors (Lipinski definition) is 5. The normalized spacial score (nSPS) is 13.3. The first kappa shape index (κ1) is 31.8. The van der Waals surface area contributed by atoms with Gasteiger partial charge in [0.1, 0.15) is 16.6 Å². The van der Waals surface area contributed by atoms with Crippen LogP contribution in [0, 0.1) is 0 Å². The van der Waals surface area contributed by atoms with Crippen molar-refractivity contribution in [2.24, 2.45) is 0 Å². The highest BCUT2D eigenvalue weighted by molar-refractivity contribution is 7.25. The standard InChI is InChI=1S/C52H30N4OS/c1-7-21-40-32(14-1)33-15-2-8-22-41(33)52(40,31-28-29-47-39(30-31)36-18-6-12-27-46(36)58-47)50-53-49(38-20-13-26-45-48(38)37-19-5-11-25-44(37)57-45)54-51(55-50)56-42-23-9-3-16-34(42)35-17-4-10-24-43(35)56/h1-30H. The zero-order valence-electron chi connectivity index (χ0n) is 30.9. The lowest BCUT2D eigenvalue weighted by atomic mass is 9.71. The van der Waals surface area contributed by atoms with E-state index in [1.807, 2.05) is 35.6 Å². The van der Waals surface area contributed by atoms with Crippen molar-refractivity contribution in [3.63, 3.8) is 0 Å². The second-order valence-electron chi connectivity index (χ2n) is 15.1. The molecule has 12 aromatic rings. The molecule has 5 nitrogen and oxygen atoms in total. The molecule has 0 aliphatic heterocycles. The molecule has 0 fully saturated rings. The van der Waals surface area contributed by atoms with Crippen molar-refractivity contribution in [1.29, 1.82) is 0 Å². The Morgan fingerprint density at radius 2 is 1.03 bits per heavy atom. The maximum absolute atomic E-state index is 6.44. The van der Waals surface area contributed by atoms with E-state index in [9.17, 15) is 0 Å². The van der Waals surface area contributed by atoms with Gasteiger partial charge in [-0.05, 0) is 70.3 Å². The monoisotopic (exact) mass is 758 g/mol. The molecule has 4 aromatic heterocycles. The molecule has 6 heteroatoms. The third kappa shape index (κ3) is 4.21. The molecule has 0 saturated carbocycles. The molecule has 0 spiro atoms. The van der Waals surface area contributed by atoms with Gasteiger partial charge in [0.2, 0.25) is 5.95 Å². The summed E-state index contributed by atoms with van der Waals surface area (Å²) in [4.78, 5) is 16.9. The second-order valence-corrected chi connectivity index (χ2v) is 16.2. The number of nitrogens with zero attached hydrogens (tertiary/aromatic N) is 4. The molecule has 0 saturated heterocycles. The predicted octanol–water partition coefficient (Wildman–Crippen LogP) is 13.3. The Hall–Kier alpha value is -7.41. The first-order chi connectivity index (χ1) is 28.8. The number of fused-ring (bicyclic) bond motifs is 12. The summed E-state index contributed by atoms with van der Waals surface area (Å²) in [7, 11) is 0. The smallest absolute Gasteiger partial charge is 0.238 e. The summed E-state index contributed by atoms with van der Waals surface area (Å²) >= 11 is 1.83. The highest BCUT2D eigenvalue weighted by Crippen LogP contribution is 2.56. The molecule has 0 atom stereocenters. The molecule has 0 radical (unpaired) electrons. The van der Waals surface area contributed by atoms with Gasteiger partial charge in [-0.25, -0.2) is 4.98 Å². The van der Waals surface area contributed by atoms with Gasteiger partial charge in [-0.1, -0.05) is 140 Å². The van der Waals surface area contributed by atoms with Crippen LogP contribution in [-0.4, -0.2) is 19.5 Å². The van der Waals surface area contributed by atoms with Crippen LogP contribution in [0.25, 0.3) is 92.4 Å². The van der Waals surface area contributed by atoms with Crippen molar-refractivity contribution in [2.45, 2.75) is 5.41 Å². The molecule has 8 aromatic carbocycles. The minimum Gasteiger partial charge on any atom is -0.456 e. The number of furan rings is 1. The van der Waals surface area contributed by atoms with Crippen molar-refractivity contribution in [2.75, 3.05) is 0 Å². The summed E-state index contributed by atoms with van der Waals surface area (Å²) in [6.45, 7) is 0. The van der Waals surface area contributed by atoms with Crippen molar-refractivity contribution in [3.05, 3.63) is 205 Å². The van der Waals surface area contributed by atoms with Gasteiger partial charge in [0, 0.05) is 47.3 Å². The van der Waals surface area contributed by atoms with E-state index in [-0.39, 0.29) is 0 Å². The van der Waals surface area contributed by atoms with Crippen LogP contribution >= 0.6 is 11.3 Å². The van der Waals surface area contributed by atoms with Crippen molar-refractivity contribution >= 4 is 75.3 Å². The van der Waals surface area contributed by atoms with Gasteiger partial charge < -0.3 is 4.42 Å². The van der Waals surface area contributed by atoms with E-state index in [2.05, 4.69) is 162 Å². The quantitative estimate of drug-likeness (QED) is 0.179. The second kappa shape index (κ2) is 11.8. The van der Waals surface area contributed by atoms with Gasteiger partial charge in [0.15, 0.2) is 11.6 Å². The van der Waals surface area contributed by atoms with Gasteiger partial charge in [0.05, 0.1) is 11.0 Å². The first-order valence-electron chi connectivity index (χ1n) is 19.5. The zero-order chi connectivity index (χ0) is 38.0. The summed E-state index contributed by atoms with van der Waals surface area (Å²) in [5.41, 5.74) is 9.45. The molecule has 0 N–H and O–H groups in total. The van der Waals surface area contributed by atoms with E-state index in [0.29, 0.717) is 17.6 Å². The molecular formula is C52H30N4OS.